The highest BCUT2D eigenvalue weighted by Crippen LogP contribution is 2.41. The fraction of sp³-hybridized carbons (Fsp3) is 0.909. The molecular formula is C11H20N2S. The smallest absolute Gasteiger partial charge is 0.168 e. The molecule has 0 aliphatic heterocycles. The molecule has 3 atom stereocenters. The maximum atomic E-state index is 5.29. The van der Waals surface area contributed by atoms with E-state index in [2.05, 4.69) is 5.32 Å². The second-order valence-electron chi connectivity index (χ2n) is 4.97. The Kier molecular flexibility index (Phi) is 2.96. The minimum absolute atomic E-state index is 0.656. The Morgan fingerprint density at radius 2 is 1.93 bits per heavy atom. The molecule has 0 aromatic heterocycles. The minimum Gasteiger partial charge on any atom is -0.360 e. The third kappa shape index (κ3) is 2.02. The number of fused-ring (bicyclic) bond motifs is 2. The van der Waals surface area contributed by atoms with Crippen LogP contribution in [0.3, 0.4) is 0 Å². The second kappa shape index (κ2) is 4.05. The molecule has 3 unspecified atom stereocenters. The standard InChI is InChI=1S/C11H20N2S/c1-13(2)11(14)12-10-6-4-8-3-5-9(10)7-8/h8-10H,3-7H2,1-2H3,(H,12,14). The molecule has 3 heteroatoms. The quantitative estimate of drug-likeness (QED) is 0.669. The lowest BCUT2D eigenvalue weighted by Crippen LogP contribution is -2.45. The summed E-state index contributed by atoms with van der Waals surface area (Å²) < 4.78 is 0. The summed E-state index contributed by atoms with van der Waals surface area (Å²) in [5.41, 5.74) is 0. The molecule has 14 heavy (non-hydrogen) atoms. The number of nitrogens with one attached hydrogen (secondary N) is 1. The van der Waals surface area contributed by atoms with Gasteiger partial charge in [-0.05, 0) is 49.7 Å². The number of thiocarbonyl (C=S) groups is 1. The Bertz CT molecular complexity index is 227. The van der Waals surface area contributed by atoms with E-state index < -0.39 is 0 Å². The zero-order valence-corrected chi connectivity index (χ0v) is 9.94. The van der Waals surface area contributed by atoms with Gasteiger partial charge in [0.1, 0.15) is 0 Å². The molecule has 1 N–H and O–H groups in total. The third-order valence-electron chi connectivity index (χ3n) is 3.75. The highest BCUT2D eigenvalue weighted by atomic mass is 32.1. The van der Waals surface area contributed by atoms with Gasteiger partial charge in [0.05, 0.1) is 0 Å². The van der Waals surface area contributed by atoms with Crippen LogP contribution in [0, 0.1) is 11.8 Å². The maximum absolute atomic E-state index is 5.29. The van der Waals surface area contributed by atoms with Crippen molar-refractivity contribution >= 4 is 17.3 Å². The molecule has 2 bridgehead atoms. The predicted molar refractivity (Wildman–Crippen MR) is 63.3 cm³/mol. The highest BCUT2D eigenvalue weighted by molar-refractivity contribution is 7.80. The molecular weight excluding hydrogens is 192 g/mol. The van der Waals surface area contributed by atoms with Crippen LogP contribution in [0.25, 0.3) is 0 Å². The molecule has 0 aromatic carbocycles. The molecule has 2 fully saturated rings. The Labute approximate surface area is 92.0 Å². The zero-order valence-electron chi connectivity index (χ0n) is 9.12. The molecule has 2 aliphatic carbocycles. The van der Waals surface area contributed by atoms with Gasteiger partial charge in [0.2, 0.25) is 0 Å². The van der Waals surface area contributed by atoms with E-state index in [-0.39, 0.29) is 0 Å². The topological polar surface area (TPSA) is 15.3 Å². The lowest BCUT2D eigenvalue weighted by Gasteiger charge is -2.31. The van der Waals surface area contributed by atoms with Crippen molar-refractivity contribution in [2.45, 2.75) is 38.1 Å². The highest BCUT2D eigenvalue weighted by Gasteiger charge is 2.35. The first kappa shape index (κ1) is 10.2. The summed E-state index contributed by atoms with van der Waals surface area (Å²) in [4.78, 5) is 2.00. The van der Waals surface area contributed by atoms with Crippen LogP contribution >= 0.6 is 12.2 Å². The van der Waals surface area contributed by atoms with Crippen LogP contribution in [0.4, 0.5) is 0 Å². The lowest BCUT2D eigenvalue weighted by molar-refractivity contribution is 0.290. The Balaban J connectivity index is 1.89. The third-order valence-corrected chi connectivity index (χ3v) is 4.23. The average molecular weight is 212 g/mol. The first-order chi connectivity index (χ1) is 6.66. The van der Waals surface area contributed by atoms with Crippen LogP contribution in [-0.4, -0.2) is 30.1 Å². The first-order valence-electron chi connectivity index (χ1n) is 5.64. The van der Waals surface area contributed by atoms with Gasteiger partial charge in [-0.15, -0.1) is 0 Å². The molecule has 0 amide bonds. The van der Waals surface area contributed by atoms with Crippen LogP contribution < -0.4 is 5.32 Å². The fourth-order valence-corrected chi connectivity index (χ4v) is 3.02. The summed E-state index contributed by atoms with van der Waals surface area (Å²) in [5.74, 6) is 1.93. The summed E-state index contributed by atoms with van der Waals surface area (Å²) in [6, 6.07) is 0.656. The summed E-state index contributed by atoms with van der Waals surface area (Å²) in [7, 11) is 4.02. The van der Waals surface area contributed by atoms with Gasteiger partial charge in [0, 0.05) is 20.1 Å². The SMILES string of the molecule is CN(C)C(=S)NC1CCC2CCC1C2. The van der Waals surface area contributed by atoms with Crippen molar-refractivity contribution in [2.75, 3.05) is 14.1 Å². The van der Waals surface area contributed by atoms with Gasteiger partial charge < -0.3 is 10.2 Å². The first-order valence-corrected chi connectivity index (χ1v) is 6.05. The van der Waals surface area contributed by atoms with Crippen molar-refractivity contribution in [2.24, 2.45) is 11.8 Å². The summed E-state index contributed by atoms with van der Waals surface area (Å²) in [5, 5.41) is 4.41. The average Bonchev–Trinajstić information content (AvgIpc) is 2.53. The second-order valence-corrected chi connectivity index (χ2v) is 5.35. The Morgan fingerprint density at radius 3 is 2.64 bits per heavy atom. The largest absolute Gasteiger partial charge is 0.360 e. The van der Waals surface area contributed by atoms with Gasteiger partial charge in [-0.3, -0.25) is 0 Å². The number of rotatable bonds is 1. The van der Waals surface area contributed by atoms with Crippen molar-refractivity contribution in [1.82, 2.24) is 10.2 Å². The van der Waals surface area contributed by atoms with E-state index in [1.54, 1.807) is 0 Å². The summed E-state index contributed by atoms with van der Waals surface area (Å²) >= 11 is 5.29. The lowest BCUT2D eigenvalue weighted by atomic mass is 9.85. The van der Waals surface area contributed by atoms with Crippen molar-refractivity contribution in [3.8, 4) is 0 Å². The molecule has 0 saturated heterocycles. The molecule has 80 valence electrons. The van der Waals surface area contributed by atoms with E-state index in [1.807, 2.05) is 19.0 Å². The number of hydrogen-bond donors (Lipinski definition) is 1. The molecule has 2 saturated carbocycles. The van der Waals surface area contributed by atoms with Gasteiger partial charge in [-0.2, -0.15) is 0 Å². The normalized spacial score (nSPS) is 35.4. The monoisotopic (exact) mass is 212 g/mol. The van der Waals surface area contributed by atoms with Crippen LogP contribution in [0.5, 0.6) is 0 Å². The van der Waals surface area contributed by atoms with E-state index in [4.69, 9.17) is 12.2 Å². The predicted octanol–water partition coefficient (Wildman–Crippen LogP) is 2.00. The molecule has 0 spiro atoms. The Hall–Kier alpha value is -0.310. The minimum atomic E-state index is 0.656. The Morgan fingerprint density at radius 1 is 1.21 bits per heavy atom. The van der Waals surface area contributed by atoms with Crippen LogP contribution in [0.1, 0.15) is 32.1 Å². The molecule has 2 nitrogen and oxygen atoms in total. The van der Waals surface area contributed by atoms with E-state index in [0.717, 1.165) is 16.9 Å². The molecule has 2 aliphatic rings. The zero-order chi connectivity index (χ0) is 10.1. The number of nitrogens with zero attached hydrogens (tertiary/aromatic N) is 1. The maximum Gasteiger partial charge on any atom is 0.168 e. The van der Waals surface area contributed by atoms with E-state index >= 15 is 0 Å². The van der Waals surface area contributed by atoms with Gasteiger partial charge >= 0.3 is 0 Å². The van der Waals surface area contributed by atoms with Crippen molar-refractivity contribution in [3.63, 3.8) is 0 Å². The van der Waals surface area contributed by atoms with Gasteiger partial charge in [-0.25, -0.2) is 0 Å². The fourth-order valence-electron chi connectivity index (χ4n) is 2.87. The van der Waals surface area contributed by atoms with Crippen molar-refractivity contribution < 1.29 is 0 Å². The van der Waals surface area contributed by atoms with Crippen molar-refractivity contribution in [3.05, 3.63) is 0 Å². The van der Waals surface area contributed by atoms with Crippen LogP contribution in [0.15, 0.2) is 0 Å². The summed E-state index contributed by atoms with van der Waals surface area (Å²) in [6.45, 7) is 0. The van der Waals surface area contributed by atoms with Gasteiger partial charge in [0.15, 0.2) is 5.11 Å². The molecule has 0 aromatic rings. The van der Waals surface area contributed by atoms with E-state index in [1.165, 1.54) is 32.1 Å². The van der Waals surface area contributed by atoms with E-state index in [0.29, 0.717) is 6.04 Å². The molecule has 0 radical (unpaired) electrons. The van der Waals surface area contributed by atoms with Crippen LogP contribution in [0.2, 0.25) is 0 Å². The van der Waals surface area contributed by atoms with E-state index in [9.17, 15) is 0 Å². The van der Waals surface area contributed by atoms with Gasteiger partial charge in [-0.1, -0.05) is 6.42 Å². The molecule has 0 heterocycles. The van der Waals surface area contributed by atoms with Crippen molar-refractivity contribution in [1.29, 1.82) is 0 Å². The summed E-state index contributed by atoms with van der Waals surface area (Å²) in [6.07, 6.45) is 7.04. The number of hydrogen-bond acceptors (Lipinski definition) is 1. The van der Waals surface area contributed by atoms with Crippen LogP contribution in [-0.2, 0) is 0 Å². The van der Waals surface area contributed by atoms with Gasteiger partial charge in [0.25, 0.3) is 0 Å². The molecule has 2 rings (SSSR count).